The van der Waals surface area contributed by atoms with E-state index >= 15 is 0 Å². The number of likely N-dealkylation sites (tertiary alicyclic amines) is 1. The number of aromatic nitrogens is 2. The Hall–Kier alpha value is -2.67. The molecule has 1 amide bonds. The van der Waals surface area contributed by atoms with Crippen LogP contribution in [0.4, 0.5) is 5.69 Å². The van der Waals surface area contributed by atoms with Crippen molar-refractivity contribution in [2.24, 2.45) is 5.92 Å². The summed E-state index contributed by atoms with van der Waals surface area (Å²) in [6.07, 6.45) is 5.88. The summed E-state index contributed by atoms with van der Waals surface area (Å²) in [5, 5.41) is 7.11. The number of hydrogen-bond donors (Lipinski definition) is 1. The molecule has 0 spiro atoms. The van der Waals surface area contributed by atoms with E-state index in [0.717, 1.165) is 32.5 Å². The van der Waals surface area contributed by atoms with Crippen molar-refractivity contribution in [2.75, 3.05) is 31.6 Å². The van der Waals surface area contributed by atoms with Crippen LogP contribution in [0.3, 0.4) is 0 Å². The first-order valence-electron chi connectivity index (χ1n) is 9.41. The minimum Gasteiger partial charge on any atom is -0.462 e. The maximum atomic E-state index is 12.4. The molecule has 1 saturated heterocycles. The van der Waals surface area contributed by atoms with Gasteiger partial charge in [-0.15, -0.1) is 0 Å². The Bertz CT molecular complexity index is 752. The molecule has 27 heavy (non-hydrogen) atoms. The number of anilines is 1. The fraction of sp³-hybridized carbons (Fsp3) is 0.450. The molecule has 3 rings (SSSR count). The van der Waals surface area contributed by atoms with Gasteiger partial charge in [0.05, 0.1) is 24.4 Å². The summed E-state index contributed by atoms with van der Waals surface area (Å²) in [6, 6.07) is 8.87. The quantitative estimate of drug-likeness (QED) is 0.758. The van der Waals surface area contributed by atoms with Crippen molar-refractivity contribution < 1.29 is 14.3 Å². The van der Waals surface area contributed by atoms with E-state index in [1.54, 1.807) is 37.4 Å². The molecule has 0 saturated carbocycles. The lowest BCUT2D eigenvalue weighted by Crippen LogP contribution is -2.40. The Morgan fingerprint density at radius 2 is 2.00 bits per heavy atom. The molecule has 0 atom stereocenters. The first kappa shape index (κ1) is 19.1. The molecule has 0 aliphatic carbocycles. The molecule has 1 aliphatic rings. The fourth-order valence-electron chi connectivity index (χ4n) is 3.37. The Labute approximate surface area is 159 Å². The van der Waals surface area contributed by atoms with Crippen LogP contribution in [0.25, 0.3) is 0 Å². The standard InChI is InChI=1S/C20H26N4O3/c1-2-27-20(26)17-6-3-4-7-18(17)22-19(25)15-23-12-8-16(9-13-23)14-24-11-5-10-21-24/h3-7,10-11,16H,2,8-9,12-15H2,1H3,(H,22,25). The van der Waals surface area contributed by atoms with Crippen LogP contribution in [0, 0.1) is 5.92 Å². The lowest BCUT2D eigenvalue weighted by Gasteiger charge is -2.31. The van der Waals surface area contributed by atoms with Crippen LogP contribution in [0.2, 0.25) is 0 Å². The predicted molar refractivity (Wildman–Crippen MR) is 102 cm³/mol. The van der Waals surface area contributed by atoms with Gasteiger partial charge < -0.3 is 10.1 Å². The van der Waals surface area contributed by atoms with Crippen LogP contribution in [0.5, 0.6) is 0 Å². The van der Waals surface area contributed by atoms with E-state index in [1.165, 1.54) is 0 Å². The molecular formula is C20H26N4O3. The third-order valence-corrected chi connectivity index (χ3v) is 4.78. The molecule has 2 aromatic rings. The number of rotatable bonds is 7. The number of amides is 1. The summed E-state index contributed by atoms with van der Waals surface area (Å²) in [5.74, 6) is 0.0545. The van der Waals surface area contributed by atoms with Crippen LogP contribution < -0.4 is 5.32 Å². The molecule has 0 unspecified atom stereocenters. The number of carbonyl (C=O) groups is 2. The number of nitrogens with one attached hydrogen (secondary N) is 1. The smallest absolute Gasteiger partial charge is 0.340 e. The van der Waals surface area contributed by atoms with Gasteiger partial charge in [0.1, 0.15) is 0 Å². The second-order valence-corrected chi connectivity index (χ2v) is 6.76. The zero-order valence-electron chi connectivity index (χ0n) is 15.6. The zero-order chi connectivity index (χ0) is 19.1. The number of carbonyl (C=O) groups excluding carboxylic acids is 2. The Morgan fingerprint density at radius 1 is 1.22 bits per heavy atom. The van der Waals surface area contributed by atoms with E-state index in [0.29, 0.717) is 30.3 Å². The molecule has 2 heterocycles. The van der Waals surface area contributed by atoms with E-state index in [2.05, 4.69) is 15.3 Å². The highest BCUT2D eigenvalue weighted by molar-refractivity contribution is 6.01. The maximum Gasteiger partial charge on any atom is 0.340 e. The van der Waals surface area contributed by atoms with Crippen LogP contribution in [-0.4, -0.2) is 52.8 Å². The van der Waals surface area contributed by atoms with Gasteiger partial charge in [-0.25, -0.2) is 4.79 Å². The molecule has 0 bridgehead atoms. The SMILES string of the molecule is CCOC(=O)c1ccccc1NC(=O)CN1CCC(Cn2cccn2)CC1. The Kier molecular flexibility index (Phi) is 6.59. The molecule has 144 valence electrons. The Balaban J connectivity index is 1.48. The highest BCUT2D eigenvalue weighted by Crippen LogP contribution is 2.20. The van der Waals surface area contributed by atoms with Crippen molar-refractivity contribution >= 4 is 17.6 Å². The molecule has 1 aliphatic heterocycles. The Morgan fingerprint density at radius 3 is 2.70 bits per heavy atom. The maximum absolute atomic E-state index is 12.4. The number of esters is 1. The van der Waals surface area contributed by atoms with Gasteiger partial charge in [0.15, 0.2) is 0 Å². The van der Waals surface area contributed by atoms with Crippen molar-refractivity contribution in [3.63, 3.8) is 0 Å². The third-order valence-electron chi connectivity index (χ3n) is 4.78. The molecule has 7 nitrogen and oxygen atoms in total. The van der Waals surface area contributed by atoms with E-state index in [1.807, 2.05) is 16.9 Å². The average molecular weight is 370 g/mol. The molecule has 1 N–H and O–H groups in total. The van der Waals surface area contributed by atoms with Crippen molar-refractivity contribution in [1.29, 1.82) is 0 Å². The topological polar surface area (TPSA) is 76.5 Å². The van der Waals surface area contributed by atoms with Crippen molar-refractivity contribution in [2.45, 2.75) is 26.3 Å². The van der Waals surface area contributed by atoms with Crippen LogP contribution in [-0.2, 0) is 16.1 Å². The summed E-state index contributed by atoms with van der Waals surface area (Å²) in [7, 11) is 0. The molecule has 1 aromatic heterocycles. The summed E-state index contributed by atoms with van der Waals surface area (Å²) in [5.41, 5.74) is 0.875. The lowest BCUT2D eigenvalue weighted by atomic mass is 9.97. The van der Waals surface area contributed by atoms with Gasteiger partial charge in [0.2, 0.25) is 5.91 Å². The van der Waals surface area contributed by atoms with Gasteiger partial charge in [-0.3, -0.25) is 14.4 Å². The van der Waals surface area contributed by atoms with E-state index < -0.39 is 5.97 Å². The van der Waals surface area contributed by atoms with Crippen LogP contribution in [0.15, 0.2) is 42.7 Å². The molecule has 7 heteroatoms. The molecular weight excluding hydrogens is 344 g/mol. The number of nitrogens with zero attached hydrogens (tertiary/aromatic N) is 3. The second-order valence-electron chi connectivity index (χ2n) is 6.76. The summed E-state index contributed by atoms with van der Waals surface area (Å²) in [6.45, 7) is 5.09. The highest BCUT2D eigenvalue weighted by atomic mass is 16.5. The first-order valence-corrected chi connectivity index (χ1v) is 9.41. The summed E-state index contributed by atoms with van der Waals surface area (Å²) >= 11 is 0. The minimum atomic E-state index is -0.423. The number of hydrogen-bond acceptors (Lipinski definition) is 5. The van der Waals surface area contributed by atoms with Crippen molar-refractivity contribution in [1.82, 2.24) is 14.7 Å². The predicted octanol–water partition coefficient (Wildman–Crippen LogP) is 2.41. The van der Waals surface area contributed by atoms with Crippen LogP contribution in [0.1, 0.15) is 30.1 Å². The third kappa shape index (κ3) is 5.40. The summed E-state index contributed by atoms with van der Waals surface area (Å²) in [4.78, 5) is 26.6. The van der Waals surface area contributed by atoms with Gasteiger partial charge >= 0.3 is 5.97 Å². The fourth-order valence-corrected chi connectivity index (χ4v) is 3.37. The van der Waals surface area contributed by atoms with Crippen molar-refractivity contribution in [3.05, 3.63) is 48.3 Å². The van der Waals surface area contributed by atoms with Gasteiger partial charge in [-0.2, -0.15) is 5.10 Å². The van der Waals surface area contributed by atoms with Gasteiger partial charge in [0.25, 0.3) is 0 Å². The molecule has 0 radical (unpaired) electrons. The average Bonchev–Trinajstić information content (AvgIpc) is 3.17. The van der Waals surface area contributed by atoms with E-state index in [9.17, 15) is 9.59 Å². The van der Waals surface area contributed by atoms with Crippen molar-refractivity contribution in [3.8, 4) is 0 Å². The molecule has 1 fully saturated rings. The van der Waals surface area contributed by atoms with Gasteiger partial charge in [0, 0.05) is 18.9 Å². The van der Waals surface area contributed by atoms with E-state index in [-0.39, 0.29) is 5.91 Å². The highest BCUT2D eigenvalue weighted by Gasteiger charge is 2.22. The van der Waals surface area contributed by atoms with E-state index in [4.69, 9.17) is 4.74 Å². The minimum absolute atomic E-state index is 0.114. The number of ether oxygens (including phenoxy) is 1. The van der Waals surface area contributed by atoms with Gasteiger partial charge in [-0.05, 0) is 57.0 Å². The number of para-hydroxylation sites is 1. The first-order chi connectivity index (χ1) is 13.2. The number of benzene rings is 1. The monoisotopic (exact) mass is 370 g/mol. The normalized spacial score (nSPS) is 15.4. The van der Waals surface area contributed by atoms with Crippen LogP contribution >= 0.6 is 0 Å². The van der Waals surface area contributed by atoms with Gasteiger partial charge in [-0.1, -0.05) is 12.1 Å². The largest absolute Gasteiger partial charge is 0.462 e. The summed E-state index contributed by atoms with van der Waals surface area (Å²) < 4.78 is 7.02. The lowest BCUT2D eigenvalue weighted by molar-refractivity contribution is -0.117. The second kappa shape index (κ2) is 9.32. The zero-order valence-corrected chi connectivity index (χ0v) is 15.6. The molecule has 1 aromatic carbocycles. The number of piperidine rings is 1.